The summed E-state index contributed by atoms with van der Waals surface area (Å²) < 4.78 is 1.27. The first-order chi connectivity index (χ1) is 7.76. The highest BCUT2D eigenvalue weighted by Crippen LogP contribution is 2.35. The summed E-state index contributed by atoms with van der Waals surface area (Å²) in [6.45, 7) is 5.89. The number of hydrogen-bond acceptors (Lipinski definition) is 1. The molecule has 1 aromatic carbocycles. The van der Waals surface area contributed by atoms with Crippen LogP contribution >= 0.6 is 15.9 Å². The van der Waals surface area contributed by atoms with E-state index in [-0.39, 0.29) is 8.80 Å². The van der Waals surface area contributed by atoms with Crippen molar-refractivity contribution in [2.24, 2.45) is 0 Å². The minimum absolute atomic E-state index is 0.165. The van der Waals surface area contributed by atoms with Gasteiger partial charge in [0.2, 0.25) is 0 Å². The lowest BCUT2D eigenvalue weighted by molar-refractivity contribution is 0.793. The average molecular weight is 297 g/mol. The third-order valence-corrected chi connectivity index (χ3v) is 7.72. The Bertz CT molecular complexity index is 363. The van der Waals surface area contributed by atoms with Gasteiger partial charge in [0, 0.05) is 16.7 Å². The first kappa shape index (κ1) is 12.2. The molecule has 0 spiro atoms. The molecule has 0 fully saturated rings. The summed E-state index contributed by atoms with van der Waals surface area (Å²) in [6, 6.07) is 9.26. The van der Waals surface area contributed by atoms with Gasteiger partial charge in [-0.2, -0.15) is 0 Å². The van der Waals surface area contributed by atoms with Crippen molar-refractivity contribution in [3.8, 4) is 0 Å². The van der Waals surface area contributed by atoms with Crippen LogP contribution in [0.3, 0.4) is 0 Å². The van der Waals surface area contributed by atoms with Gasteiger partial charge < -0.3 is 5.32 Å². The second-order valence-corrected chi connectivity index (χ2v) is 8.81. The molecule has 0 saturated heterocycles. The quantitative estimate of drug-likeness (QED) is 0.819. The van der Waals surface area contributed by atoms with Crippen molar-refractivity contribution in [3.63, 3.8) is 0 Å². The SMILES string of the molecule is CC[Si](CC)C1CNc2cccc(Br)c2C1. The molecule has 87 valence electrons. The highest BCUT2D eigenvalue weighted by Gasteiger charge is 2.26. The van der Waals surface area contributed by atoms with E-state index in [1.807, 2.05) is 0 Å². The molecule has 1 aliphatic rings. The first-order valence-electron chi connectivity index (χ1n) is 6.12. The van der Waals surface area contributed by atoms with Gasteiger partial charge in [-0.05, 0) is 29.7 Å². The molecule has 1 radical (unpaired) electrons. The van der Waals surface area contributed by atoms with Gasteiger partial charge in [0.25, 0.3) is 0 Å². The maximum absolute atomic E-state index is 3.67. The molecule has 0 bridgehead atoms. The van der Waals surface area contributed by atoms with Gasteiger partial charge in [0.15, 0.2) is 0 Å². The molecule has 3 heteroatoms. The summed E-state index contributed by atoms with van der Waals surface area (Å²) in [5.74, 6) is 0. The standard InChI is InChI=1S/C13H19BrNSi/c1-3-16(4-2)10-8-11-12(14)6-5-7-13(11)15-9-10/h5-7,10,15H,3-4,8-9H2,1-2H3. The van der Waals surface area contributed by atoms with Crippen LogP contribution in [0.1, 0.15) is 19.4 Å². The van der Waals surface area contributed by atoms with Crippen LogP contribution in [0.4, 0.5) is 5.69 Å². The molecule has 1 atom stereocenters. The van der Waals surface area contributed by atoms with E-state index < -0.39 is 0 Å². The molecule has 0 aromatic heterocycles. The topological polar surface area (TPSA) is 12.0 Å². The number of benzene rings is 1. The van der Waals surface area contributed by atoms with E-state index >= 15 is 0 Å². The van der Waals surface area contributed by atoms with Crippen LogP contribution in [0.5, 0.6) is 0 Å². The van der Waals surface area contributed by atoms with E-state index in [9.17, 15) is 0 Å². The van der Waals surface area contributed by atoms with Crippen LogP contribution in [0.15, 0.2) is 22.7 Å². The minimum Gasteiger partial charge on any atom is -0.385 e. The van der Waals surface area contributed by atoms with Crippen LogP contribution < -0.4 is 5.32 Å². The summed E-state index contributed by atoms with van der Waals surface area (Å²) in [7, 11) is -0.165. The van der Waals surface area contributed by atoms with Crippen LogP contribution in [-0.4, -0.2) is 15.3 Å². The Morgan fingerprint density at radius 3 is 2.81 bits per heavy atom. The smallest absolute Gasteiger partial charge is 0.0530 e. The summed E-state index contributed by atoms with van der Waals surface area (Å²) in [4.78, 5) is 0. The van der Waals surface area contributed by atoms with Crippen molar-refractivity contribution in [2.75, 3.05) is 11.9 Å². The molecule has 0 amide bonds. The molecule has 2 rings (SSSR count). The molecular weight excluding hydrogens is 278 g/mol. The molecule has 1 nitrogen and oxygen atoms in total. The van der Waals surface area contributed by atoms with Crippen molar-refractivity contribution in [3.05, 3.63) is 28.2 Å². The van der Waals surface area contributed by atoms with Crippen molar-refractivity contribution in [2.45, 2.75) is 37.9 Å². The molecule has 0 aliphatic carbocycles. The average Bonchev–Trinajstić information content (AvgIpc) is 2.32. The van der Waals surface area contributed by atoms with Gasteiger partial charge in [-0.25, -0.2) is 0 Å². The third-order valence-electron chi connectivity index (χ3n) is 3.59. The lowest BCUT2D eigenvalue weighted by atomic mass is 10.0. The number of halogens is 1. The Labute approximate surface area is 108 Å². The second-order valence-electron chi connectivity index (χ2n) is 4.41. The Morgan fingerprint density at radius 1 is 1.38 bits per heavy atom. The fourth-order valence-corrected chi connectivity index (χ4v) is 5.67. The van der Waals surface area contributed by atoms with E-state index in [1.165, 1.54) is 40.8 Å². The number of fused-ring (bicyclic) bond motifs is 1. The Balaban J connectivity index is 2.19. The van der Waals surface area contributed by atoms with Crippen LogP contribution in [0.2, 0.25) is 17.6 Å². The molecule has 0 saturated carbocycles. The predicted molar refractivity (Wildman–Crippen MR) is 76.8 cm³/mol. The normalized spacial score (nSPS) is 19.4. The molecule has 16 heavy (non-hydrogen) atoms. The minimum atomic E-state index is -0.165. The number of hydrogen-bond donors (Lipinski definition) is 1. The van der Waals surface area contributed by atoms with Crippen LogP contribution in [0.25, 0.3) is 0 Å². The molecule has 1 unspecified atom stereocenters. The fourth-order valence-electron chi connectivity index (χ4n) is 2.60. The van der Waals surface area contributed by atoms with E-state index in [0.717, 1.165) is 5.54 Å². The Kier molecular flexibility index (Phi) is 4.09. The summed E-state index contributed by atoms with van der Waals surface area (Å²) in [5, 5.41) is 3.60. The van der Waals surface area contributed by atoms with Crippen molar-refractivity contribution in [1.29, 1.82) is 0 Å². The molecule has 1 heterocycles. The number of anilines is 1. The molecule has 1 N–H and O–H groups in total. The highest BCUT2D eigenvalue weighted by atomic mass is 79.9. The first-order valence-corrected chi connectivity index (χ1v) is 8.90. The van der Waals surface area contributed by atoms with E-state index in [2.05, 4.69) is 53.3 Å². The van der Waals surface area contributed by atoms with Crippen molar-refractivity contribution < 1.29 is 0 Å². The van der Waals surface area contributed by atoms with E-state index in [4.69, 9.17) is 0 Å². The lowest BCUT2D eigenvalue weighted by Crippen LogP contribution is -2.30. The van der Waals surface area contributed by atoms with Gasteiger partial charge in [-0.15, -0.1) is 0 Å². The van der Waals surface area contributed by atoms with Gasteiger partial charge in [0.05, 0.1) is 8.80 Å². The monoisotopic (exact) mass is 296 g/mol. The second kappa shape index (κ2) is 5.37. The Morgan fingerprint density at radius 2 is 2.12 bits per heavy atom. The zero-order chi connectivity index (χ0) is 11.5. The lowest BCUT2D eigenvalue weighted by Gasteiger charge is -2.31. The largest absolute Gasteiger partial charge is 0.385 e. The predicted octanol–water partition coefficient (Wildman–Crippen LogP) is 4.32. The van der Waals surface area contributed by atoms with E-state index in [0.29, 0.717) is 0 Å². The van der Waals surface area contributed by atoms with Crippen LogP contribution in [0, 0.1) is 0 Å². The maximum Gasteiger partial charge on any atom is 0.0530 e. The van der Waals surface area contributed by atoms with Gasteiger partial charge >= 0.3 is 0 Å². The van der Waals surface area contributed by atoms with Gasteiger partial charge in [-0.1, -0.05) is 47.9 Å². The molecule has 1 aromatic rings. The summed E-state index contributed by atoms with van der Waals surface area (Å²) in [6.07, 6.45) is 1.26. The van der Waals surface area contributed by atoms with Gasteiger partial charge in [-0.3, -0.25) is 0 Å². The highest BCUT2D eigenvalue weighted by molar-refractivity contribution is 9.10. The Hall–Kier alpha value is -0.283. The maximum atomic E-state index is 3.67. The van der Waals surface area contributed by atoms with Crippen LogP contribution in [-0.2, 0) is 6.42 Å². The summed E-state index contributed by atoms with van der Waals surface area (Å²) >= 11 is 3.67. The van der Waals surface area contributed by atoms with Crippen molar-refractivity contribution in [1.82, 2.24) is 0 Å². The summed E-state index contributed by atoms with van der Waals surface area (Å²) in [5.41, 5.74) is 3.72. The third kappa shape index (κ3) is 2.35. The molecule has 1 aliphatic heterocycles. The van der Waals surface area contributed by atoms with Crippen molar-refractivity contribution >= 4 is 30.4 Å². The zero-order valence-corrected chi connectivity index (χ0v) is 12.6. The van der Waals surface area contributed by atoms with E-state index in [1.54, 1.807) is 0 Å². The fraction of sp³-hybridized carbons (Fsp3) is 0.538. The number of rotatable bonds is 3. The molecular formula is C13H19BrNSi. The number of nitrogens with one attached hydrogen (secondary N) is 1. The zero-order valence-electron chi connectivity index (χ0n) is 10.0. The van der Waals surface area contributed by atoms with Gasteiger partial charge in [0.1, 0.15) is 0 Å².